The average molecular weight is 190 g/mol. The smallest absolute Gasteiger partial charge is 0.0824 e. The third-order valence-electron chi connectivity index (χ3n) is 2.17. The minimum atomic E-state index is -0.357. The first-order valence-electron chi connectivity index (χ1n) is 5.22. The molecule has 0 saturated heterocycles. The molecule has 1 N–H and O–H groups in total. The van der Waals surface area contributed by atoms with E-state index >= 15 is 0 Å². The second-order valence-electron chi connectivity index (χ2n) is 3.42. The van der Waals surface area contributed by atoms with Gasteiger partial charge in [-0.3, -0.25) is 0 Å². The Morgan fingerprint density at radius 1 is 1.21 bits per heavy atom. The van der Waals surface area contributed by atoms with Crippen LogP contribution in [0.5, 0.6) is 0 Å². The molecule has 0 aliphatic rings. The first-order chi connectivity index (χ1) is 6.84. The number of rotatable bonds is 5. The Morgan fingerprint density at radius 3 is 2.57 bits per heavy atom. The molecule has 14 heavy (non-hydrogen) atoms. The molecule has 0 aliphatic heterocycles. The molecule has 1 heteroatoms. The lowest BCUT2D eigenvalue weighted by Gasteiger charge is -2.07. The monoisotopic (exact) mass is 190 g/mol. The van der Waals surface area contributed by atoms with E-state index in [1.54, 1.807) is 0 Å². The topological polar surface area (TPSA) is 20.2 Å². The van der Waals surface area contributed by atoms with Crippen molar-refractivity contribution in [1.29, 1.82) is 0 Å². The van der Waals surface area contributed by atoms with Crippen LogP contribution in [-0.2, 0) is 0 Å². The fourth-order valence-corrected chi connectivity index (χ4v) is 1.32. The summed E-state index contributed by atoms with van der Waals surface area (Å²) in [5.74, 6) is 0. The van der Waals surface area contributed by atoms with Gasteiger partial charge in [-0.25, -0.2) is 0 Å². The summed E-state index contributed by atoms with van der Waals surface area (Å²) in [5.41, 5.74) is 0.994. The van der Waals surface area contributed by atoms with Crippen molar-refractivity contribution in [1.82, 2.24) is 0 Å². The minimum Gasteiger partial charge on any atom is -0.388 e. The van der Waals surface area contributed by atoms with Gasteiger partial charge in [0.2, 0.25) is 0 Å². The maximum absolute atomic E-state index is 9.77. The fraction of sp³-hybridized carbons (Fsp3) is 0.385. The second kappa shape index (κ2) is 6.39. The Morgan fingerprint density at radius 2 is 1.93 bits per heavy atom. The highest BCUT2D eigenvalue weighted by Gasteiger charge is 2.02. The fourth-order valence-electron chi connectivity index (χ4n) is 1.32. The summed E-state index contributed by atoms with van der Waals surface area (Å²) in [6.07, 6.45) is 6.81. The van der Waals surface area contributed by atoms with Gasteiger partial charge in [-0.2, -0.15) is 0 Å². The molecule has 0 aliphatic carbocycles. The highest BCUT2D eigenvalue weighted by molar-refractivity contribution is 5.17. The maximum Gasteiger partial charge on any atom is 0.0824 e. The number of aliphatic hydroxyl groups excluding tert-OH is 1. The van der Waals surface area contributed by atoms with Crippen LogP contribution in [0.4, 0.5) is 0 Å². The Kier molecular flexibility index (Phi) is 5.02. The van der Waals surface area contributed by atoms with Gasteiger partial charge in [-0.05, 0) is 18.4 Å². The summed E-state index contributed by atoms with van der Waals surface area (Å²) in [6.45, 7) is 2.15. The Bertz CT molecular complexity index is 264. The van der Waals surface area contributed by atoms with Crippen molar-refractivity contribution >= 4 is 0 Å². The number of hydrogen-bond donors (Lipinski definition) is 1. The first kappa shape index (κ1) is 11.0. The molecule has 0 spiro atoms. The molecule has 1 aromatic rings. The molecule has 1 unspecified atom stereocenters. The van der Waals surface area contributed by atoms with Crippen molar-refractivity contribution in [3.8, 4) is 0 Å². The summed E-state index contributed by atoms with van der Waals surface area (Å²) >= 11 is 0. The zero-order valence-electron chi connectivity index (χ0n) is 8.69. The van der Waals surface area contributed by atoms with Crippen molar-refractivity contribution in [3.63, 3.8) is 0 Å². The van der Waals surface area contributed by atoms with Crippen LogP contribution in [0, 0.1) is 0 Å². The molecule has 0 radical (unpaired) electrons. The third-order valence-corrected chi connectivity index (χ3v) is 2.17. The van der Waals surface area contributed by atoms with Crippen molar-refractivity contribution in [2.45, 2.75) is 32.3 Å². The number of unbranched alkanes of at least 4 members (excludes halogenated alkanes) is 1. The second-order valence-corrected chi connectivity index (χ2v) is 3.42. The van der Waals surface area contributed by atoms with E-state index in [1.165, 1.54) is 0 Å². The maximum atomic E-state index is 9.77. The van der Waals surface area contributed by atoms with Crippen LogP contribution in [0.25, 0.3) is 0 Å². The summed E-state index contributed by atoms with van der Waals surface area (Å²) in [4.78, 5) is 0. The van der Waals surface area contributed by atoms with E-state index in [9.17, 15) is 5.11 Å². The highest BCUT2D eigenvalue weighted by atomic mass is 16.3. The molecule has 76 valence electrons. The minimum absolute atomic E-state index is 0.357. The molecular weight excluding hydrogens is 172 g/mol. The van der Waals surface area contributed by atoms with Crippen LogP contribution < -0.4 is 0 Å². The molecular formula is C13H18O. The summed E-state index contributed by atoms with van der Waals surface area (Å²) in [7, 11) is 0. The number of hydrogen-bond acceptors (Lipinski definition) is 1. The van der Waals surface area contributed by atoms with Gasteiger partial charge in [0.25, 0.3) is 0 Å². The van der Waals surface area contributed by atoms with Gasteiger partial charge < -0.3 is 5.11 Å². The van der Waals surface area contributed by atoms with E-state index in [4.69, 9.17) is 0 Å². The van der Waals surface area contributed by atoms with Crippen LogP contribution in [0.15, 0.2) is 42.5 Å². The van der Waals surface area contributed by atoms with Crippen LogP contribution >= 0.6 is 0 Å². The van der Waals surface area contributed by atoms with Gasteiger partial charge in [-0.1, -0.05) is 55.8 Å². The molecule has 1 nitrogen and oxygen atoms in total. The molecule has 1 rings (SSSR count). The quantitative estimate of drug-likeness (QED) is 0.705. The van der Waals surface area contributed by atoms with Crippen LogP contribution in [-0.4, -0.2) is 5.11 Å². The highest BCUT2D eigenvalue weighted by Crippen LogP contribution is 2.16. The summed E-state index contributed by atoms with van der Waals surface area (Å²) in [5, 5.41) is 9.77. The molecule has 0 heterocycles. The zero-order chi connectivity index (χ0) is 10.2. The largest absolute Gasteiger partial charge is 0.388 e. The van der Waals surface area contributed by atoms with Crippen LogP contribution in [0.1, 0.15) is 37.9 Å². The zero-order valence-corrected chi connectivity index (χ0v) is 8.69. The SMILES string of the molecule is CCC/C=C/CC(O)c1ccccc1. The van der Waals surface area contributed by atoms with E-state index < -0.39 is 0 Å². The lowest BCUT2D eigenvalue weighted by atomic mass is 10.1. The van der Waals surface area contributed by atoms with E-state index in [2.05, 4.69) is 19.1 Å². The summed E-state index contributed by atoms with van der Waals surface area (Å²) < 4.78 is 0. The van der Waals surface area contributed by atoms with E-state index in [0.717, 1.165) is 18.4 Å². The Balaban J connectivity index is 2.39. The molecule has 0 aromatic heterocycles. The average Bonchev–Trinajstić information content (AvgIpc) is 2.25. The number of benzene rings is 1. The van der Waals surface area contributed by atoms with Gasteiger partial charge >= 0.3 is 0 Å². The van der Waals surface area contributed by atoms with Gasteiger partial charge in [0.15, 0.2) is 0 Å². The predicted octanol–water partition coefficient (Wildman–Crippen LogP) is 3.47. The van der Waals surface area contributed by atoms with Crippen LogP contribution in [0.3, 0.4) is 0 Å². The van der Waals surface area contributed by atoms with Crippen molar-refractivity contribution in [3.05, 3.63) is 48.0 Å². The lowest BCUT2D eigenvalue weighted by Crippen LogP contribution is -1.94. The molecule has 0 bridgehead atoms. The van der Waals surface area contributed by atoms with E-state index in [0.29, 0.717) is 6.42 Å². The molecule has 1 aromatic carbocycles. The van der Waals surface area contributed by atoms with Crippen molar-refractivity contribution < 1.29 is 5.11 Å². The molecule has 1 atom stereocenters. The lowest BCUT2D eigenvalue weighted by molar-refractivity contribution is 0.181. The molecule has 0 amide bonds. The van der Waals surface area contributed by atoms with Crippen LogP contribution in [0.2, 0.25) is 0 Å². The normalized spacial score (nSPS) is 13.3. The third kappa shape index (κ3) is 3.75. The van der Waals surface area contributed by atoms with Crippen molar-refractivity contribution in [2.75, 3.05) is 0 Å². The van der Waals surface area contributed by atoms with Gasteiger partial charge in [0.05, 0.1) is 6.10 Å². The van der Waals surface area contributed by atoms with Gasteiger partial charge in [0.1, 0.15) is 0 Å². The van der Waals surface area contributed by atoms with E-state index in [1.807, 2.05) is 30.3 Å². The van der Waals surface area contributed by atoms with Crippen molar-refractivity contribution in [2.24, 2.45) is 0 Å². The van der Waals surface area contributed by atoms with Gasteiger partial charge in [-0.15, -0.1) is 0 Å². The molecule has 0 saturated carbocycles. The number of aliphatic hydroxyl groups is 1. The Labute approximate surface area is 86.1 Å². The number of allylic oxidation sites excluding steroid dienone is 1. The van der Waals surface area contributed by atoms with Gasteiger partial charge in [0, 0.05) is 0 Å². The predicted molar refractivity (Wildman–Crippen MR) is 60.1 cm³/mol. The summed E-state index contributed by atoms with van der Waals surface area (Å²) in [6, 6.07) is 9.78. The Hall–Kier alpha value is -1.08. The molecule has 0 fully saturated rings. The van der Waals surface area contributed by atoms with E-state index in [-0.39, 0.29) is 6.10 Å². The standard InChI is InChI=1S/C13H18O/c1-2-3-4-8-11-13(14)12-9-6-5-7-10-12/h4-10,13-14H,2-3,11H2,1H3/b8-4+. The first-order valence-corrected chi connectivity index (χ1v) is 5.22.